The van der Waals surface area contributed by atoms with Gasteiger partial charge in [0, 0.05) is 9.50 Å². The fraction of sp³-hybridized carbons (Fsp3) is 0.143. The number of nitrogens with two attached hydrogens (primary N) is 1. The second kappa shape index (κ2) is 6.01. The van der Waals surface area contributed by atoms with Gasteiger partial charge in [0.1, 0.15) is 5.82 Å². The van der Waals surface area contributed by atoms with Crippen LogP contribution in [0.5, 0.6) is 0 Å². The number of nitrogens with one attached hydrogen (secondary N) is 1. The van der Waals surface area contributed by atoms with E-state index in [9.17, 15) is 4.39 Å². The molecule has 1 atom stereocenters. The first-order valence-electron chi connectivity index (χ1n) is 5.69. The molecular formula is C14H13BrClFN2. The van der Waals surface area contributed by atoms with Crippen LogP contribution in [-0.4, -0.2) is 0 Å². The van der Waals surface area contributed by atoms with Crippen LogP contribution >= 0.6 is 27.5 Å². The van der Waals surface area contributed by atoms with E-state index in [0.29, 0.717) is 10.6 Å². The van der Waals surface area contributed by atoms with Crippen LogP contribution in [0.25, 0.3) is 0 Å². The van der Waals surface area contributed by atoms with Crippen LogP contribution in [0.15, 0.2) is 40.9 Å². The van der Waals surface area contributed by atoms with Crippen LogP contribution < -0.4 is 11.3 Å². The van der Waals surface area contributed by atoms with Gasteiger partial charge < -0.3 is 0 Å². The molecule has 0 aliphatic heterocycles. The zero-order chi connectivity index (χ0) is 14.0. The van der Waals surface area contributed by atoms with E-state index in [2.05, 4.69) is 21.4 Å². The lowest BCUT2D eigenvalue weighted by Gasteiger charge is -2.18. The summed E-state index contributed by atoms with van der Waals surface area (Å²) < 4.78 is 14.5. The van der Waals surface area contributed by atoms with Gasteiger partial charge in [0.05, 0.1) is 6.04 Å². The van der Waals surface area contributed by atoms with Gasteiger partial charge in [0.15, 0.2) is 0 Å². The monoisotopic (exact) mass is 342 g/mol. The minimum atomic E-state index is -0.315. The Bertz CT molecular complexity index is 584. The lowest BCUT2D eigenvalue weighted by atomic mass is 9.98. The summed E-state index contributed by atoms with van der Waals surface area (Å²) >= 11 is 9.40. The Kier molecular flexibility index (Phi) is 4.58. The third-order valence-electron chi connectivity index (χ3n) is 2.91. The molecule has 0 aromatic heterocycles. The van der Waals surface area contributed by atoms with Crippen LogP contribution in [-0.2, 0) is 0 Å². The largest absolute Gasteiger partial charge is 0.271 e. The molecule has 0 saturated heterocycles. The Morgan fingerprint density at radius 1 is 1.21 bits per heavy atom. The topological polar surface area (TPSA) is 38.0 Å². The molecule has 0 bridgehead atoms. The van der Waals surface area contributed by atoms with Crippen molar-refractivity contribution in [2.24, 2.45) is 5.84 Å². The van der Waals surface area contributed by atoms with E-state index in [4.69, 9.17) is 17.4 Å². The molecule has 3 N–H and O–H groups in total. The Labute approximate surface area is 124 Å². The summed E-state index contributed by atoms with van der Waals surface area (Å²) in [7, 11) is 0. The fourth-order valence-electron chi connectivity index (χ4n) is 1.92. The van der Waals surface area contributed by atoms with E-state index < -0.39 is 0 Å². The molecule has 0 aliphatic carbocycles. The van der Waals surface area contributed by atoms with E-state index in [1.807, 2.05) is 12.1 Å². The van der Waals surface area contributed by atoms with Gasteiger partial charge >= 0.3 is 0 Å². The van der Waals surface area contributed by atoms with Crippen molar-refractivity contribution in [1.29, 1.82) is 0 Å². The minimum Gasteiger partial charge on any atom is -0.271 e. The van der Waals surface area contributed by atoms with Crippen LogP contribution in [0.4, 0.5) is 4.39 Å². The van der Waals surface area contributed by atoms with Crippen molar-refractivity contribution < 1.29 is 4.39 Å². The highest BCUT2D eigenvalue weighted by molar-refractivity contribution is 9.10. The predicted molar refractivity (Wildman–Crippen MR) is 79.5 cm³/mol. The van der Waals surface area contributed by atoms with Gasteiger partial charge in [-0.2, -0.15) is 0 Å². The van der Waals surface area contributed by atoms with Crippen molar-refractivity contribution in [1.82, 2.24) is 5.43 Å². The SMILES string of the molecule is Cc1ccc(C(NN)c2cc(Cl)cc(Br)c2)cc1F. The molecule has 100 valence electrons. The predicted octanol–water partition coefficient (Wildman–Crippen LogP) is 4.10. The van der Waals surface area contributed by atoms with Gasteiger partial charge in [0.2, 0.25) is 0 Å². The standard InChI is InChI=1S/C14H13BrClFN2/c1-8-2-3-9(6-13(8)17)14(19-18)10-4-11(15)7-12(16)5-10/h2-7,14,19H,18H2,1H3. The van der Waals surface area contributed by atoms with E-state index >= 15 is 0 Å². The van der Waals surface area contributed by atoms with Crippen LogP contribution in [0.1, 0.15) is 22.7 Å². The molecule has 0 radical (unpaired) electrons. The van der Waals surface area contributed by atoms with Crippen LogP contribution in [0, 0.1) is 12.7 Å². The van der Waals surface area contributed by atoms with Crippen molar-refractivity contribution in [2.45, 2.75) is 13.0 Å². The fourth-order valence-corrected chi connectivity index (χ4v) is 2.80. The second-order valence-electron chi connectivity index (χ2n) is 4.31. The van der Waals surface area contributed by atoms with Gasteiger partial charge in [-0.15, -0.1) is 0 Å². The third-order valence-corrected chi connectivity index (χ3v) is 3.59. The number of hydrogen-bond acceptors (Lipinski definition) is 2. The maximum atomic E-state index is 13.6. The summed E-state index contributed by atoms with van der Waals surface area (Å²) in [5.41, 5.74) is 4.91. The molecular weight excluding hydrogens is 331 g/mol. The zero-order valence-electron chi connectivity index (χ0n) is 10.3. The first-order valence-corrected chi connectivity index (χ1v) is 6.86. The zero-order valence-corrected chi connectivity index (χ0v) is 12.6. The average molecular weight is 344 g/mol. The van der Waals surface area contributed by atoms with Crippen LogP contribution in [0.3, 0.4) is 0 Å². The number of aryl methyl sites for hydroxylation is 1. The van der Waals surface area contributed by atoms with Crippen molar-refractivity contribution in [3.05, 3.63) is 68.4 Å². The smallest absolute Gasteiger partial charge is 0.126 e. The van der Waals surface area contributed by atoms with Crippen molar-refractivity contribution in [2.75, 3.05) is 0 Å². The first-order chi connectivity index (χ1) is 9.01. The molecule has 19 heavy (non-hydrogen) atoms. The van der Waals surface area contributed by atoms with E-state index in [-0.39, 0.29) is 11.9 Å². The van der Waals surface area contributed by atoms with Gasteiger partial charge in [-0.25, -0.2) is 9.82 Å². The maximum absolute atomic E-state index is 13.6. The summed E-state index contributed by atoms with van der Waals surface area (Å²) in [5.74, 6) is 5.34. The molecule has 2 aromatic rings. The van der Waals surface area contributed by atoms with Crippen molar-refractivity contribution >= 4 is 27.5 Å². The quantitative estimate of drug-likeness (QED) is 0.650. The van der Waals surface area contributed by atoms with Gasteiger partial charge in [0.25, 0.3) is 0 Å². The van der Waals surface area contributed by atoms with Gasteiger partial charge in [-0.05, 0) is 47.9 Å². The van der Waals surface area contributed by atoms with Crippen molar-refractivity contribution in [3.63, 3.8) is 0 Å². The summed E-state index contributed by atoms with van der Waals surface area (Å²) in [6.45, 7) is 1.72. The first kappa shape index (κ1) is 14.5. The maximum Gasteiger partial charge on any atom is 0.126 e. The highest BCUT2D eigenvalue weighted by Gasteiger charge is 2.15. The van der Waals surface area contributed by atoms with E-state index in [0.717, 1.165) is 15.6 Å². The Hall–Kier alpha value is -0.940. The van der Waals surface area contributed by atoms with Gasteiger partial charge in [-0.3, -0.25) is 5.84 Å². The summed E-state index contributed by atoms with van der Waals surface area (Å²) in [4.78, 5) is 0. The number of rotatable bonds is 3. The highest BCUT2D eigenvalue weighted by atomic mass is 79.9. The Morgan fingerprint density at radius 2 is 1.95 bits per heavy atom. The molecule has 2 nitrogen and oxygen atoms in total. The molecule has 0 fully saturated rings. The highest BCUT2D eigenvalue weighted by Crippen LogP contribution is 2.28. The van der Waals surface area contributed by atoms with E-state index in [1.165, 1.54) is 6.07 Å². The Morgan fingerprint density at radius 3 is 2.53 bits per heavy atom. The molecule has 0 saturated carbocycles. The summed E-state index contributed by atoms with van der Waals surface area (Å²) in [5, 5.41) is 0.595. The lowest BCUT2D eigenvalue weighted by molar-refractivity contribution is 0.599. The number of hydrazine groups is 1. The third kappa shape index (κ3) is 3.34. The average Bonchev–Trinajstić information content (AvgIpc) is 2.33. The molecule has 1 unspecified atom stereocenters. The molecule has 0 amide bonds. The lowest BCUT2D eigenvalue weighted by Crippen LogP contribution is -2.29. The minimum absolute atomic E-state index is 0.251. The van der Waals surface area contributed by atoms with Crippen LogP contribution in [0.2, 0.25) is 5.02 Å². The number of hydrogen-bond donors (Lipinski definition) is 2. The molecule has 5 heteroatoms. The molecule has 0 spiro atoms. The summed E-state index contributed by atoms with van der Waals surface area (Å²) in [6.07, 6.45) is 0. The normalized spacial score (nSPS) is 12.5. The molecule has 2 rings (SSSR count). The number of halogens is 3. The van der Waals surface area contributed by atoms with Gasteiger partial charge in [-0.1, -0.05) is 39.7 Å². The molecule has 0 heterocycles. The second-order valence-corrected chi connectivity index (χ2v) is 5.66. The molecule has 0 aliphatic rings. The molecule has 2 aromatic carbocycles. The Balaban J connectivity index is 2.46. The number of benzene rings is 2. The van der Waals surface area contributed by atoms with Crippen molar-refractivity contribution in [3.8, 4) is 0 Å². The van der Waals surface area contributed by atoms with E-state index in [1.54, 1.807) is 25.1 Å². The summed E-state index contributed by atoms with van der Waals surface area (Å²) in [6, 6.07) is 10.2.